The van der Waals surface area contributed by atoms with Crippen LogP contribution in [-0.2, 0) is 10.8 Å². The molecule has 0 N–H and O–H groups in total. The minimum absolute atomic E-state index is 0.151. The summed E-state index contributed by atoms with van der Waals surface area (Å²) < 4.78 is 0. The molecular weight excluding hydrogens is 565 g/mol. The van der Waals surface area contributed by atoms with Crippen LogP contribution in [-0.4, -0.2) is 0 Å². The fourth-order valence-electron chi connectivity index (χ4n) is 9.64. The highest BCUT2D eigenvalue weighted by Crippen LogP contribution is 2.59. The predicted molar refractivity (Wildman–Crippen MR) is 204 cm³/mol. The van der Waals surface area contributed by atoms with E-state index in [1.165, 1.54) is 104 Å². The number of fused-ring (bicyclic) bond motifs is 16. The van der Waals surface area contributed by atoms with Gasteiger partial charge in [-0.25, -0.2) is 0 Å². The van der Waals surface area contributed by atoms with Crippen molar-refractivity contribution >= 4 is 66.5 Å². The average molecular weight is 601 g/mol. The summed E-state index contributed by atoms with van der Waals surface area (Å²) in [4.78, 5) is 0. The fourth-order valence-corrected chi connectivity index (χ4v) is 9.64. The van der Waals surface area contributed by atoms with E-state index in [2.05, 4.69) is 150 Å². The molecule has 0 bridgehead atoms. The molecule has 10 rings (SSSR count). The Bertz CT molecular complexity index is 2860. The molecule has 0 aromatic heterocycles. The van der Waals surface area contributed by atoms with Crippen LogP contribution in [0.15, 0.2) is 109 Å². The highest BCUT2D eigenvalue weighted by Gasteiger charge is 2.43. The van der Waals surface area contributed by atoms with Gasteiger partial charge < -0.3 is 0 Å². The Labute approximate surface area is 275 Å². The summed E-state index contributed by atoms with van der Waals surface area (Å²) in [7, 11) is 0. The third kappa shape index (κ3) is 3.19. The first-order chi connectivity index (χ1) is 22.7. The normalized spacial score (nSPS) is 15.9. The zero-order valence-corrected chi connectivity index (χ0v) is 27.7. The second-order valence-electron chi connectivity index (χ2n) is 14.9. The maximum absolute atomic E-state index is 4.88. The summed E-state index contributed by atoms with van der Waals surface area (Å²) in [5.74, 6) is 0. The lowest BCUT2D eigenvalue weighted by Gasteiger charge is -2.25. The minimum Gasteiger partial charge on any atom is -0.0905 e. The largest absolute Gasteiger partial charge is 0.0905 e. The molecule has 2 aliphatic rings. The van der Waals surface area contributed by atoms with Crippen LogP contribution in [0.3, 0.4) is 0 Å². The van der Waals surface area contributed by atoms with Gasteiger partial charge in [-0.2, -0.15) is 0 Å². The molecule has 2 aliphatic carbocycles. The van der Waals surface area contributed by atoms with Crippen LogP contribution in [0.25, 0.3) is 88.8 Å². The maximum atomic E-state index is 4.88. The van der Waals surface area contributed by atoms with E-state index in [0.29, 0.717) is 0 Å². The smallest absolute Gasteiger partial charge is 0.0165 e. The van der Waals surface area contributed by atoms with Gasteiger partial charge in [0.2, 0.25) is 0 Å². The number of hydrogen-bond donors (Lipinski definition) is 0. The van der Waals surface area contributed by atoms with Crippen molar-refractivity contribution in [3.05, 3.63) is 142 Å². The van der Waals surface area contributed by atoms with Gasteiger partial charge in [0, 0.05) is 10.8 Å². The lowest BCUT2D eigenvalue weighted by atomic mass is 9.77. The van der Waals surface area contributed by atoms with E-state index in [-0.39, 0.29) is 10.8 Å². The van der Waals surface area contributed by atoms with Gasteiger partial charge in [-0.15, -0.1) is 0 Å². The first kappa shape index (κ1) is 27.0. The van der Waals surface area contributed by atoms with Crippen molar-refractivity contribution in [2.45, 2.75) is 45.4 Å². The van der Waals surface area contributed by atoms with Crippen molar-refractivity contribution in [1.82, 2.24) is 0 Å². The molecule has 8 aromatic rings. The molecule has 0 heterocycles. The fraction of sp³-hybridized carbons (Fsp3) is 0.149. The summed E-state index contributed by atoms with van der Waals surface area (Å²) in [5.41, 5.74) is 10.8. The van der Waals surface area contributed by atoms with Gasteiger partial charge in [0.25, 0.3) is 0 Å². The van der Waals surface area contributed by atoms with E-state index in [9.17, 15) is 0 Å². The van der Waals surface area contributed by atoms with Crippen molar-refractivity contribution < 1.29 is 0 Å². The van der Waals surface area contributed by atoms with Crippen LogP contribution >= 0.6 is 0 Å². The molecule has 0 unspecified atom stereocenters. The number of rotatable bonds is 0. The van der Waals surface area contributed by atoms with Crippen molar-refractivity contribution in [1.29, 1.82) is 0 Å². The Balaban J connectivity index is 1.34. The van der Waals surface area contributed by atoms with Gasteiger partial charge >= 0.3 is 0 Å². The monoisotopic (exact) mass is 600 g/mol. The van der Waals surface area contributed by atoms with E-state index in [1.54, 1.807) is 0 Å². The van der Waals surface area contributed by atoms with Crippen LogP contribution in [0, 0.1) is 0 Å². The molecular formula is C47H36. The summed E-state index contributed by atoms with van der Waals surface area (Å²) in [6.07, 6.45) is 2.23. The average Bonchev–Trinajstić information content (AvgIpc) is 3.46. The molecule has 0 saturated heterocycles. The molecule has 47 heavy (non-hydrogen) atoms. The molecule has 0 aliphatic heterocycles. The summed E-state index contributed by atoms with van der Waals surface area (Å²) in [6, 6.07) is 41.4. The summed E-state index contributed by atoms with van der Waals surface area (Å²) in [5, 5.41) is 15.6. The van der Waals surface area contributed by atoms with Crippen LogP contribution < -0.4 is 10.4 Å². The van der Waals surface area contributed by atoms with Gasteiger partial charge in [0.15, 0.2) is 0 Å². The molecule has 0 atom stereocenters. The lowest BCUT2D eigenvalue weighted by molar-refractivity contribution is 0.655. The first-order valence-corrected chi connectivity index (χ1v) is 16.9. The minimum atomic E-state index is -0.174. The van der Waals surface area contributed by atoms with E-state index in [0.717, 1.165) is 5.22 Å². The highest BCUT2D eigenvalue weighted by atomic mass is 14.5. The number of hydrogen-bond acceptors (Lipinski definition) is 0. The Morgan fingerprint density at radius 1 is 0.489 bits per heavy atom. The van der Waals surface area contributed by atoms with Gasteiger partial charge in [0.1, 0.15) is 0 Å². The zero-order valence-electron chi connectivity index (χ0n) is 27.7. The van der Waals surface area contributed by atoms with Gasteiger partial charge in [-0.3, -0.25) is 0 Å². The van der Waals surface area contributed by atoms with E-state index >= 15 is 0 Å². The molecule has 8 aromatic carbocycles. The predicted octanol–water partition coefficient (Wildman–Crippen LogP) is 11.3. The Hall–Kier alpha value is -5.20. The quantitative estimate of drug-likeness (QED) is 0.152. The van der Waals surface area contributed by atoms with Gasteiger partial charge in [0.05, 0.1) is 0 Å². The Morgan fingerprint density at radius 3 is 1.91 bits per heavy atom. The Morgan fingerprint density at radius 2 is 1.13 bits per heavy atom. The second-order valence-corrected chi connectivity index (χ2v) is 14.9. The van der Waals surface area contributed by atoms with Crippen molar-refractivity contribution in [3.8, 4) is 22.3 Å². The summed E-state index contributed by atoms with van der Waals surface area (Å²) in [6.45, 7) is 16.7. The van der Waals surface area contributed by atoms with Crippen molar-refractivity contribution in [3.63, 3.8) is 0 Å². The lowest BCUT2D eigenvalue weighted by Crippen LogP contribution is -2.18. The van der Waals surface area contributed by atoms with Crippen LogP contribution in [0.2, 0.25) is 0 Å². The van der Waals surface area contributed by atoms with Crippen LogP contribution in [0.1, 0.15) is 56.9 Å². The molecule has 0 fully saturated rings. The summed E-state index contributed by atoms with van der Waals surface area (Å²) >= 11 is 0. The van der Waals surface area contributed by atoms with Crippen LogP contribution in [0.5, 0.6) is 0 Å². The standard InChI is InChI=1S/C47H36/c1-7-27-14-12-15-29-19-20-30-23-39-41(26(2)40(30)42(27)29)35-24-38-36(25-37(35)46(39,3)4)44-33-18-11-10-17-32(33)43-31-16-9-8-13-28(31)21-22-34(43)45(44)47(38,5)6/h7-25H,2H2,1,3-6H3. The molecule has 0 saturated carbocycles. The van der Waals surface area contributed by atoms with Crippen LogP contribution in [0.4, 0.5) is 0 Å². The van der Waals surface area contributed by atoms with Crippen molar-refractivity contribution in [2.24, 2.45) is 0 Å². The molecule has 0 nitrogen and oxygen atoms in total. The zero-order chi connectivity index (χ0) is 32.0. The molecule has 0 heteroatoms. The third-order valence-electron chi connectivity index (χ3n) is 11.8. The topological polar surface area (TPSA) is 0 Å². The molecule has 0 radical (unpaired) electrons. The Kier molecular flexibility index (Phi) is 5.04. The van der Waals surface area contributed by atoms with Crippen molar-refractivity contribution in [2.75, 3.05) is 0 Å². The van der Waals surface area contributed by atoms with Gasteiger partial charge in [-0.05, 0) is 134 Å². The third-order valence-corrected chi connectivity index (χ3v) is 11.8. The first-order valence-electron chi connectivity index (χ1n) is 16.9. The molecule has 0 amide bonds. The maximum Gasteiger partial charge on any atom is 0.0165 e. The van der Waals surface area contributed by atoms with E-state index in [1.807, 2.05) is 0 Å². The molecule has 224 valence electrons. The SMILES string of the molecule is C=c1c2c(cc3ccc4cccc(=CC)c4c13)C(C)(C)c1cc3c(cc1-2)C(C)(C)c1c-3c2ccccc2c2c1ccc1ccccc12. The van der Waals surface area contributed by atoms with Gasteiger partial charge in [-0.1, -0.05) is 131 Å². The van der Waals surface area contributed by atoms with E-state index < -0.39 is 0 Å². The highest BCUT2D eigenvalue weighted by molar-refractivity contribution is 6.26. The van der Waals surface area contributed by atoms with E-state index in [4.69, 9.17) is 6.58 Å². The molecule has 0 spiro atoms. The second kappa shape index (κ2) is 8.78. The number of benzene rings is 8.